The van der Waals surface area contributed by atoms with Crippen LogP contribution in [0, 0.1) is 13.8 Å². The lowest BCUT2D eigenvalue weighted by Crippen LogP contribution is -2.40. The number of nitrogens with zero attached hydrogens (tertiary/aromatic N) is 4. The van der Waals surface area contributed by atoms with E-state index in [1.54, 1.807) is 53.4 Å². The maximum Gasteiger partial charge on any atom is 0.331 e. The van der Waals surface area contributed by atoms with Gasteiger partial charge in [0.1, 0.15) is 5.57 Å². The van der Waals surface area contributed by atoms with Crippen molar-refractivity contribution in [2.45, 2.75) is 27.2 Å². The maximum atomic E-state index is 14.0. The van der Waals surface area contributed by atoms with E-state index in [9.17, 15) is 14.7 Å². The van der Waals surface area contributed by atoms with Crippen molar-refractivity contribution >= 4 is 40.4 Å². The van der Waals surface area contributed by atoms with Gasteiger partial charge in [-0.3, -0.25) is 9.59 Å². The first-order valence-corrected chi connectivity index (χ1v) is 11.9. The fraction of sp³-hybridized carbons (Fsp3) is 0.143. The highest BCUT2D eigenvalue weighted by Gasteiger charge is 2.47. The van der Waals surface area contributed by atoms with Gasteiger partial charge >= 0.3 is 5.91 Å². The zero-order valence-electron chi connectivity index (χ0n) is 20.0. The first kappa shape index (κ1) is 23.5. The molecule has 7 nitrogen and oxygen atoms in total. The second-order valence-corrected chi connectivity index (χ2v) is 9.11. The van der Waals surface area contributed by atoms with Gasteiger partial charge in [-0.25, -0.2) is 9.58 Å². The first-order valence-electron chi connectivity index (χ1n) is 11.5. The van der Waals surface area contributed by atoms with Gasteiger partial charge in [0.05, 0.1) is 17.1 Å². The molecule has 180 valence electrons. The number of imide groups is 1. The van der Waals surface area contributed by atoms with E-state index in [-0.39, 0.29) is 16.8 Å². The third-order valence-corrected chi connectivity index (χ3v) is 6.26. The van der Waals surface area contributed by atoms with Crippen molar-refractivity contribution < 1.29 is 19.3 Å². The lowest BCUT2D eigenvalue weighted by molar-refractivity contribution is -0.577. The Hall–Kier alpha value is -4.23. The van der Waals surface area contributed by atoms with Gasteiger partial charge in [-0.05, 0) is 62.5 Å². The van der Waals surface area contributed by atoms with Crippen LogP contribution in [0.3, 0.4) is 0 Å². The SMILES string of the molecule is CCc1nn(-c2ccccc2)c([O-])c1C1=C([n+]2cc(C)cc(C)c2)C(=O)N(c2cccc(Cl)c2)C1=O. The molecule has 0 unspecified atom stereocenters. The topological polar surface area (TPSA) is 82.1 Å². The molecule has 0 fully saturated rings. The number of aryl methyl sites for hydroxylation is 3. The summed E-state index contributed by atoms with van der Waals surface area (Å²) in [6.07, 6.45) is 3.94. The van der Waals surface area contributed by atoms with Crippen LogP contribution in [0.5, 0.6) is 5.88 Å². The number of hydrogen-bond donors (Lipinski definition) is 0. The minimum absolute atomic E-state index is 0.0269. The Morgan fingerprint density at radius 2 is 1.58 bits per heavy atom. The van der Waals surface area contributed by atoms with E-state index >= 15 is 0 Å². The van der Waals surface area contributed by atoms with Crippen molar-refractivity contribution in [1.82, 2.24) is 9.78 Å². The average molecular weight is 499 g/mol. The molecular formula is C28H23ClN4O3. The van der Waals surface area contributed by atoms with Crippen molar-refractivity contribution in [3.63, 3.8) is 0 Å². The Balaban J connectivity index is 1.80. The smallest absolute Gasteiger partial charge is 0.331 e. The largest absolute Gasteiger partial charge is 0.858 e. The molecular weight excluding hydrogens is 476 g/mol. The number of para-hydroxylation sites is 1. The Kier molecular flexibility index (Phi) is 5.94. The molecule has 0 bridgehead atoms. The van der Waals surface area contributed by atoms with Gasteiger partial charge in [-0.15, -0.1) is 0 Å². The Bertz CT molecular complexity index is 1540. The normalized spacial score (nSPS) is 13.7. The van der Waals surface area contributed by atoms with E-state index < -0.39 is 17.7 Å². The van der Waals surface area contributed by atoms with Gasteiger partial charge in [0.2, 0.25) is 0 Å². The van der Waals surface area contributed by atoms with Crippen molar-refractivity contribution in [1.29, 1.82) is 0 Å². The highest BCUT2D eigenvalue weighted by molar-refractivity contribution is 6.53. The van der Waals surface area contributed by atoms with E-state index in [1.165, 1.54) is 4.68 Å². The molecule has 1 aliphatic heterocycles. The third-order valence-electron chi connectivity index (χ3n) is 6.03. The zero-order chi connectivity index (χ0) is 25.6. The molecule has 2 amide bonds. The molecule has 0 aliphatic carbocycles. The standard InChI is InChI=1S/C28H23ClN4O3/c1-4-22-23(27(35)33(30-22)20-10-6-5-7-11-20)24-25(31-15-17(2)13-18(3)16-31)28(36)32(26(24)34)21-12-8-9-19(29)14-21/h5-16H,4H2,1-3H3. The highest BCUT2D eigenvalue weighted by Crippen LogP contribution is 2.39. The van der Waals surface area contributed by atoms with Gasteiger partial charge < -0.3 is 5.11 Å². The van der Waals surface area contributed by atoms with E-state index in [1.807, 2.05) is 45.0 Å². The number of halogens is 1. The molecule has 0 spiro atoms. The maximum absolute atomic E-state index is 14.0. The Morgan fingerprint density at radius 1 is 0.917 bits per heavy atom. The van der Waals surface area contributed by atoms with Gasteiger partial charge in [0.15, 0.2) is 12.4 Å². The summed E-state index contributed by atoms with van der Waals surface area (Å²) < 4.78 is 2.91. The van der Waals surface area contributed by atoms with Crippen LogP contribution in [-0.4, -0.2) is 21.6 Å². The van der Waals surface area contributed by atoms with E-state index in [4.69, 9.17) is 11.6 Å². The second kappa shape index (κ2) is 9.09. The molecule has 5 rings (SSSR count). The summed E-state index contributed by atoms with van der Waals surface area (Å²) in [6, 6.07) is 17.5. The molecule has 0 atom stereocenters. The van der Waals surface area contributed by atoms with Crippen molar-refractivity contribution in [3.05, 3.63) is 100 Å². The number of hydrogen-bond acceptors (Lipinski definition) is 4. The fourth-order valence-electron chi connectivity index (χ4n) is 4.56. The average Bonchev–Trinajstić information content (AvgIpc) is 3.31. The van der Waals surface area contributed by atoms with Gasteiger partial charge in [0, 0.05) is 21.7 Å². The van der Waals surface area contributed by atoms with Crippen LogP contribution in [-0.2, 0) is 16.0 Å². The molecule has 0 radical (unpaired) electrons. The molecule has 3 heterocycles. The number of aromatic nitrogens is 3. The van der Waals surface area contributed by atoms with E-state index in [2.05, 4.69) is 5.10 Å². The molecule has 4 aromatic rings. The van der Waals surface area contributed by atoms with Gasteiger partial charge in [-0.2, -0.15) is 9.67 Å². The predicted molar refractivity (Wildman–Crippen MR) is 136 cm³/mol. The monoisotopic (exact) mass is 498 g/mol. The molecule has 36 heavy (non-hydrogen) atoms. The number of carbonyl (C=O) groups excluding carboxylic acids is 2. The summed E-state index contributed by atoms with van der Waals surface area (Å²) in [4.78, 5) is 28.9. The zero-order valence-corrected chi connectivity index (χ0v) is 20.8. The highest BCUT2D eigenvalue weighted by atomic mass is 35.5. The lowest BCUT2D eigenvalue weighted by atomic mass is 10.0. The van der Waals surface area contributed by atoms with Crippen LogP contribution in [0.15, 0.2) is 73.1 Å². The van der Waals surface area contributed by atoms with Crippen LogP contribution in [0.1, 0.15) is 29.3 Å². The van der Waals surface area contributed by atoms with Crippen LogP contribution in [0.2, 0.25) is 5.02 Å². The minimum Gasteiger partial charge on any atom is -0.858 e. The lowest BCUT2D eigenvalue weighted by Gasteiger charge is -2.15. The number of rotatable bonds is 5. The summed E-state index contributed by atoms with van der Waals surface area (Å²) in [5.74, 6) is -1.59. The summed E-state index contributed by atoms with van der Waals surface area (Å²) >= 11 is 6.18. The summed E-state index contributed by atoms with van der Waals surface area (Å²) in [7, 11) is 0. The molecule has 0 saturated carbocycles. The molecule has 0 N–H and O–H groups in total. The van der Waals surface area contributed by atoms with Crippen LogP contribution >= 0.6 is 11.6 Å². The van der Waals surface area contributed by atoms with E-state index in [0.717, 1.165) is 16.0 Å². The quantitative estimate of drug-likeness (QED) is 0.307. The van der Waals surface area contributed by atoms with Gasteiger partial charge in [-0.1, -0.05) is 42.8 Å². The third kappa shape index (κ3) is 3.87. The van der Waals surface area contributed by atoms with Crippen molar-refractivity contribution in [3.8, 4) is 11.6 Å². The summed E-state index contributed by atoms with van der Waals surface area (Å²) in [5, 5.41) is 18.7. The number of amides is 2. The van der Waals surface area contributed by atoms with Gasteiger partial charge in [0.25, 0.3) is 11.6 Å². The summed E-state index contributed by atoms with van der Waals surface area (Å²) in [5.41, 5.74) is 3.42. The second-order valence-electron chi connectivity index (χ2n) is 8.67. The van der Waals surface area contributed by atoms with Crippen LogP contribution < -0.4 is 14.6 Å². The predicted octanol–water partition coefficient (Wildman–Crippen LogP) is 4.01. The summed E-state index contributed by atoms with van der Waals surface area (Å²) in [6.45, 7) is 5.67. The van der Waals surface area contributed by atoms with Crippen LogP contribution in [0.4, 0.5) is 5.69 Å². The number of anilines is 1. The fourth-order valence-corrected chi connectivity index (χ4v) is 4.74. The molecule has 1 aliphatic rings. The first-order chi connectivity index (χ1) is 17.3. The molecule has 8 heteroatoms. The molecule has 2 aromatic carbocycles. The van der Waals surface area contributed by atoms with E-state index in [0.29, 0.717) is 28.5 Å². The number of carbonyl (C=O) groups is 2. The molecule has 0 saturated heterocycles. The Morgan fingerprint density at radius 3 is 2.22 bits per heavy atom. The number of pyridine rings is 1. The van der Waals surface area contributed by atoms with Crippen LogP contribution in [0.25, 0.3) is 17.0 Å². The van der Waals surface area contributed by atoms with Crippen molar-refractivity contribution in [2.75, 3.05) is 4.90 Å². The van der Waals surface area contributed by atoms with Crippen molar-refractivity contribution in [2.24, 2.45) is 0 Å². The number of benzene rings is 2. The molecule has 2 aromatic heterocycles. The Labute approximate surface area is 213 Å². The minimum atomic E-state index is -0.594.